The first-order valence-electron chi connectivity index (χ1n) is 6.70. The smallest absolute Gasteiger partial charge is 0.141 e. The lowest BCUT2D eigenvalue weighted by atomic mass is 10.2. The third-order valence-corrected chi connectivity index (χ3v) is 3.98. The third-order valence-electron chi connectivity index (χ3n) is 3.68. The number of hydrogen-bond acceptors (Lipinski definition) is 2. The molecule has 4 heteroatoms. The Morgan fingerprint density at radius 1 is 1.15 bits per heavy atom. The Balaban J connectivity index is 2.04. The first kappa shape index (κ1) is 11.8. The van der Waals surface area contributed by atoms with E-state index >= 15 is 0 Å². The van der Waals surface area contributed by atoms with Gasteiger partial charge in [0.25, 0.3) is 0 Å². The van der Waals surface area contributed by atoms with Gasteiger partial charge in [0, 0.05) is 11.6 Å². The number of aromatic hydroxyl groups is 1. The van der Waals surface area contributed by atoms with E-state index in [9.17, 15) is 5.11 Å². The van der Waals surface area contributed by atoms with Crippen molar-refractivity contribution in [3.8, 4) is 17.1 Å². The molecule has 1 aromatic heterocycles. The van der Waals surface area contributed by atoms with Gasteiger partial charge in [-0.3, -0.25) is 0 Å². The summed E-state index contributed by atoms with van der Waals surface area (Å²) in [4.78, 5) is 4.71. The number of nitrogens with zero attached hydrogens (tertiary/aromatic N) is 2. The molecule has 1 heterocycles. The lowest BCUT2D eigenvalue weighted by Gasteiger charge is -2.08. The van der Waals surface area contributed by atoms with Crippen LogP contribution in [0.2, 0.25) is 5.02 Å². The van der Waals surface area contributed by atoms with Crippen LogP contribution in [0, 0.1) is 0 Å². The van der Waals surface area contributed by atoms with Gasteiger partial charge in [-0.1, -0.05) is 29.8 Å². The predicted octanol–water partition coefficient (Wildman–Crippen LogP) is 4.40. The normalized spacial score (nSPS) is 14.8. The van der Waals surface area contributed by atoms with Crippen LogP contribution in [-0.4, -0.2) is 14.7 Å². The average molecular weight is 285 g/mol. The van der Waals surface area contributed by atoms with Crippen LogP contribution in [0.25, 0.3) is 22.4 Å². The van der Waals surface area contributed by atoms with Gasteiger partial charge in [0.15, 0.2) is 0 Å². The Labute approximate surface area is 121 Å². The molecule has 1 fully saturated rings. The van der Waals surface area contributed by atoms with Crippen LogP contribution in [0.15, 0.2) is 42.5 Å². The summed E-state index contributed by atoms with van der Waals surface area (Å²) in [6, 6.07) is 13.5. The maximum absolute atomic E-state index is 9.69. The van der Waals surface area contributed by atoms with Gasteiger partial charge < -0.3 is 9.67 Å². The molecule has 20 heavy (non-hydrogen) atoms. The highest BCUT2D eigenvalue weighted by Crippen LogP contribution is 2.43. The highest BCUT2D eigenvalue weighted by Gasteiger charge is 2.29. The van der Waals surface area contributed by atoms with E-state index in [1.54, 1.807) is 12.1 Å². The number of para-hydroxylation sites is 1. The Morgan fingerprint density at radius 3 is 2.70 bits per heavy atom. The van der Waals surface area contributed by atoms with Crippen molar-refractivity contribution in [3.63, 3.8) is 0 Å². The molecule has 0 amide bonds. The van der Waals surface area contributed by atoms with E-state index in [4.69, 9.17) is 16.6 Å². The second-order valence-corrected chi connectivity index (χ2v) is 5.60. The molecular weight excluding hydrogens is 272 g/mol. The Hall–Kier alpha value is -2.00. The second kappa shape index (κ2) is 4.25. The highest BCUT2D eigenvalue weighted by molar-refractivity contribution is 6.35. The average Bonchev–Trinajstić information content (AvgIpc) is 3.19. The molecule has 1 N–H and O–H groups in total. The summed E-state index contributed by atoms with van der Waals surface area (Å²) in [5.41, 5.74) is 2.82. The number of hydrogen-bond donors (Lipinski definition) is 1. The fourth-order valence-corrected chi connectivity index (χ4v) is 2.90. The summed E-state index contributed by atoms with van der Waals surface area (Å²) in [6.07, 6.45) is 2.31. The molecule has 4 rings (SSSR count). The second-order valence-electron chi connectivity index (χ2n) is 5.19. The zero-order valence-corrected chi connectivity index (χ0v) is 11.5. The number of rotatable bonds is 2. The Morgan fingerprint density at radius 2 is 1.95 bits per heavy atom. The molecule has 0 aliphatic heterocycles. The van der Waals surface area contributed by atoms with Crippen LogP contribution in [-0.2, 0) is 0 Å². The van der Waals surface area contributed by atoms with Gasteiger partial charge in [0.1, 0.15) is 11.6 Å². The number of halogens is 1. The number of phenolic OH excluding ortho intramolecular Hbond substituents is 1. The maximum Gasteiger partial charge on any atom is 0.141 e. The molecule has 2 aromatic carbocycles. The van der Waals surface area contributed by atoms with Gasteiger partial charge in [-0.15, -0.1) is 0 Å². The van der Waals surface area contributed by atoms with Crippen LogP contribution in [0.3, 0.4) is 0 Å². The number of aromatic nitrogens is 2. The monoisotopic (exact) mass is 284 g/mol. The van der Waals surface area contributed by atoms with Crippen molar-refractivity contribution < 1.29 is 5.11 Å². The van der Waals surface area contributed by atoms with Gasteiger partial charge in [-0.2, -0.15) is 0 Å². The Kier molecular flexibility index (Phi) is 2.51. The van der Waals surface area contributed by atoms with Crippen molar-refractivity contribution in [1.82, 2.24) is 9.55 Å². The number of fused-ring (bicyclic) bond motifs is 1. The van der Waals surface area contributed by atoms with Gasteiger partial charge in [-0.25, -0.2) is 4.98 Å². The van der Waals surface area contributed by atoms with Crippen molar-refractivity contribution in [3.05, 3.63) is 47.5 Å². The SMILES string of the molecule is Oc1cccc(-c2nc3cccc(Cl)c3n2C2CC2)c1. The fraction of sp³-hybridized carbons (Fsp3) is 0.188. The predicted molar refractivity (Wildman–Crippen MR) is 80.1 cm³/mol. The van der Waals surface area contributed by atoms with Crippen molar-refractivity contribution in [2.24, 2.45) is 0 Å². The van der Waals surface area contributed by atoms with E-state index in [1.807, 2.05) is 30.3 Å². The molecule has 0 spiro atoms. The summed E-state index contributed by atoms with van der Waals surface area (Å²) in [6.45, 7) is 0. The quantitative estimate of drug-likeness (QED) is 0.757. The molecule has 3 nitrogen and oxygen atoms in total. The summed E-state index contributed by atoms with van der Waals surface area (Å²) in [5, 5.41) is 10.4. The van der Waals surface area contributed by atoms with E-state index in [1.165, 1.54) is 0 Å². The molecule has 0 bridgehead atoms. The lowest BCUT2D eigenvalue weighted by molar-refractivity contribution is 0.475. The topological polar surface area (TPSA) is 38.1 Å². The minimum Gasteiger partial charge on any atom is -0.508 e. The van der Waals surface area contributed by atoms with Crippen LogP contribution < -0.4 is 0 Å². The minimum absolute atomic E-state index is 0.253. The standard InChI is InChI=1S/C16H13ClN2O/c17-13-5-2-6-14-15(13)19(11-7-8-11)16(18-14)10-3-1-4-12(20)9-10/h1-6,9,11,20H,7-8H2. The molecule has 0 saturated heterocycles. The van der Waals surface area contributed by atoms with E-state index < -0.39 is 0 Å². The molecule has 0 unspecified atom stereocenters. The molecule has 0 radical (unpaired) electrons. The summed E-state index contributed by atoms with van der Waals surface area (Å²) < 4.78 is 2.21. The number of benzene rings is 2. The fourth-order valence-electron chi connectivity index (χ4n) is 2.64. The zero-order chi connectivity index (χ0) is 13.7. The summed E-state index contributed by atoms with van der Waals surface area (Å²) in [5.74, 6) is 1.13. The zero-order valence-electron chi connectivity index (χ0n) is 10.8. The first-order chi connectivity index (χ1) is 9.74. The van der Waals surface area contributed by atoms with Gasteiger partial charge in [0.2, 0.25) is 0 Å². The van der Waals surface area contributed by atoms with Crippen LogP contribution in [0.5, 0.6) is 5.75 Å². The molecule has 1 aliphatic carbocycles. The molecule has 100 valence electrons. The first-order valence-corrected chi connectivity index (χ1v) is 7.08. The van der Waals surface area contributed by atoms with Gasteiger partial charge >= 0.3 is 0 Å². The third kappa shape index (κ3) is 1.78. The van der Waals surface area contributed by atoms with Crippen LogP contribution >= 0.6 is 11.6 Å². The number of phenols is 1. The van der Waals surface area contributed by atoms with E-state index in [2.05, 4.69) is 4.57 Å². The molecular formula is C16H13ClN2O. The van der Waals surface area contributed by atoms with Crippen LogP contribution in [0.4, 0.5) is 0 Å². The largest absolute Gasteiger partial charge is 0.508 e. The maximum atomic E-state index is 9.69. The molecule has 3 aromatic rings. The lowest BCUT2D eigenvalue weighted by Crippen LogP contribution is -1.97. The van der Waals surface area contributed by atoms with E-state index in [0.29, 0.717) is 6.04 Å². The highest BCUT2D eigenvalue weighted by atomic mass is 35.5. The summed E-state index contributed by atoms with van der Waals surface area (Å²) >= 11 is 6.36. The van der Waals surface area contributed by atoms with Crippen molar-refractivity contribution in [1.29, 1.82) is 0 Å². The van der Waals surface area contributed by atoms with Crippen molar-refractivity contribution in [2.45, 2.75) is 18.9 Å². The van der Waals surface area contributed by atoms with Gasteiger partial charge in [-0.05, 0) is 37.1 Å². The van der Waals surface area contributed by atoms with Crippen molar-refractivity contribution in [2.75, 3.05) is 0 Å². The minimum atomic E-state index is 0.253. The van der Waals surface area contributed by atoms with E-state index in [-0.39, 0.29) is 5.75 Å². The van der Waals surface area contributed by atoms with E-state index in [0.717, 1.165) is 40.3 Å². The van der Waals surface area contributed by atoms with Crippen LogP contribution in [0.1, 0.15) is 18.9 Å². The van der Waals surface area contributed by atoms with Gasteiger partial charge in [0.05, 0.1) is 16.1 Å². The Bertz CT molecular complexity index is 805. The van der Waals surface area contributed by atoms with Crippen molar-refractivity contribution >= 4 is 22.6 Å². The summed E-state index contributed by atoms with van der Waals surface area (Å²) in [7, 11) is 0. The molecule has 0 atom stereocenters. The number of imidazole rings is 1. The molecule has 1 saturated carbocycles. The molecule has 1 aliphatic rings.